The quantitative estimate of drug-likeness (QED) is 0.443. The third kappa shape index (κ3) is 9.42. The fourth-order valence-electron chi connectivity index (χ4n) is 0. The van der Waals surface area contributed by atoms with E-state index < -0.39 is 0 Å². The molecular formula is H2CaCeNbW. The Labute approximate surface area is 122 Å². The summed E-state index contributed by atoms with van der Waals surface area (Å²) in [6.45, 7) is 0. The Bertz CT molecular complexity index is 13.5. The number of hydrogen-bond donors (Lipinski definition) is 0. The summed E-state index contributed by atoms with van der Waals surface area (Å²) < 4.78 is 0. The molecular weight excluding hydrogens is 457 g/mol. The summed E-state index contributed by atoms with van der Waals surface area (Å²) in [5, 5.41) is 0. The van der Waals surface area contributed by atoms with E-state index >= 15 is 0 Å². The molecule has 0 atom stereocenters. The van der Waals surface area contributed by atoms with E-state index in [-0.39, 0.29) is 126 Å². The van der Waals surface area contributed by atoms with Crippen LogP contribution in [0.25, 0.3) is 0 Å². The maximum Gasteiger partial charge on any atom is 2.00 e. The summed E-state index contributed by atoms with van der Waals surface area (Å²) in [7, 11) is 0. The summed E-state index contributed by atoms with van der Waals surface area (Å²) in [6.07, 6.45) is 0. The Hall–Kier alpha value is 4.06. The molecule has 0 rings (SSSR count). The van der Waals surface area contributed by atoms with Crippen LogP contribution >= 0.6 is 0 Å². The van der Waals surface area contributed by atoms with Crippen LogP contribution in [-0.2, 0) is 43.4 Å². The number of hydrogen-bond acceptors (Lipinski definition) is 0. The minimum atomic E-state index is 0. The molecule has 0 aromatic rings. The minimum Gasteiger partial charge on any atom is -1.00 e. The molecule has 1 radical (unpaired) electrons. The monoisotopic (exact) mass is 459 g/mol. The van der Waals surface area contributed by atoms with Gasteiger partial charge in [-0.05, 0) is 0 Å². The maximum atomic E-state index is 0. The van der Waals surface area contributed by atoms with Gasteiger partial charge in [0, 0.05) is 85.2 Å². The standard InChI is InChI=1S/Ca.Ce.Nb.W.2H/q+2;;;;2*-1. The molecule has 4 heavy (non-hydrogen) atoms. The first kappa shape index (κ1) is 24.4. The first-order chi connectivity index (χ1) is 0. The van der Waals surface area contributed by atoms with Gasteiger partial charge < -0.3 is 2.85 Å². The molecule has 0 heterocycles. The molecule has 0 saturated heterocycles. The van der Waals surface area contributed by atoms with E-state index in [1.54, 1.807) is 0 Å². The van der Waals surface area contributed by atoms with Crippen LogP contribution in [-0.4, -0.2) is 37.7 Å². The first-order valence-corrected chi connectivity index (χ1v) is 0. The molecule has 0 N–H and O–H groups in total. The molecule has 0 unspecified atom stereocenters. The SMILES string of the molecule is [Ca+2].[Ce].[H-].[H-].[Nb].[W]. The second-order valence-corrected chi connectivity index (χ2v) is 0. The third-order valence-corrected chi connectivity index (χ3v) is 0. The molecule has 0 aliphatic carbocycles. The largest absolute Gasteiger partial charge is 2.00 e. The van der Waals surface area contributed by atoms with E-state index in [0.29, 0.717) is 0 Å². The molecule has 0 spiro atoms. The zero-order valence-corrected chi connectivity index (χ0v) is 12.5. The van der Waals surface area contributed by atoms with Gasteiger partial charge in [0.05, 0.1) is 0 Å². The smallest absolute Gasteiger partial charge is 1.00 e. The summed E-state index contributed by atoms with van der Waals surface area (Å²) in [5.41, 5.74) is 0. The molecule has 0 fully saturated rings. The van der Waals surface area contributed by atoms with Gasteiger partial charge >= 0.3 is 37.7 Å². The van der Waals surface area contributed by atoms with Crippen LogP contribution in [0.15, 0.2) is 0 Å². The average molecular weight is 459 g/mol. The zero-order chi connectivity index (χ0) is 0. The minimum absolute atomic E-state index is 0. The molecule has 4 heteroatoms. The molecule has 19 valence electrons. The van der Waals surface area contributed by atoms with Gasteiger partial charge in [0.25, 0.3) is 0 Å². The van der Waals surface area contributed by atoms with Crippen LogP contribution in [0.4, 0.5) is 0 Å². The van der Waals surface area contributed by atoms with E-state index in [0.717, 1.165) is 0 Å². The van der Waals surface area contributed by atoms with Gasteiger partial charge in [0.1, 0.15) is 0 Å². The Morgan fingerprint density at radius 2 is 1.25 bits per heavy atom. The summed E-state index contributed by atoms with van der Waals surface area (Å²) >= 11 is 0. The van der Waals surface area contributed by atoms with Crippen molar-refractivity contribution >= 4 is 37.7 Å². The fraction of sp³-hybridized carbons (Fsp3) is 0. The Morgan fingerprint density at radius 1 is 1.25 bits per heavy atom. The van der Waals surface area contributed by atoms with Gasteiger partial charge in [0.15, 0.2) is 0 Å². The van der Waals surface area contributed by atoms with Crippen molar-refractivity contribution in [1.82, 2.24) is 0 Å². The normalized spacial score (nSPS) is 0. The van der Waals surface area contributed by atoms with E-state index in [4.69, 9.17) is 0 Å². The fourth-order valence-corrected chi connectivity index (χ4v) is 0. The van der Waals surface area contributed by atoms with Crippen molar-refractivity contribution in [2.45, 2.75) is 0 Å². The molecule has 0 aliphatic rings. The molecule has 0 bridgehead atoms. The molecule has 0 aromatic carbocycles. The van der Waals surface area contributed by atoms with Crippen LogP contribution in [0.5, 0.6) is 0 Å². The van der Waals surface area contributed by atoms with Crippen molar-refractivity contribution in [3.05, 3.63) is 0 Å². The van der Waals surface area contributed by atoms with E-state index in [1.165, 1.54) is 0 Å². The summed E-state index contributed by atoms with van der Waals surface area (Å²) in [4.78, 5) is 0. The second-order valence-electron chi connectivity index (χ2n) is 0. The van der Waals surface area contributed by atoms with Crippen molar-refractivity contribution in [1.29, 1.82) is 0 Å². The van der Waals surface area contributed by atoms with Crippen molar-refractivity contribution in [3.63, 3.8) is 0 Å². The summed E-state index contributed by atoms with van der Waals surface area (Å²) in [5.74, 6) is 0. The molecule has 0 nitrogen and oxygen atoms in total. The van der Waals surface area contributed by atoms with Gasteiger partial charge in [-0.25, -0.2) is 0 Å². The van der Waals surface area contributed by atoms with Crippen molar-refractivity contribution in [3.8, 4) is 0 Å². The van der Waals surface area contributed by atoms with Gasteiger partial charge in [-0.1, -0.05) is 0 Å². The van der Waals surface area contributed by atoms with Crippen molar-refractivity contribution < 1.29 is 88.0 Å². The van der Waals surface area contributed by atoms with Crippen LogP contribution in [0.1, 0.15) is 2.85 Å². The van der Waals surface area contributed by atoms with Gasteiger partial charge in [0.2, 0.25) is 0 Å². The predicted octanol–water partition coefficient (Wildman–Crippen LogP) is -0.161. The Balaban J connectivity index is 0. The van der Waals surface area contributed by atoms with Gasteiger partial charge in [-0.3, -0.25) is 0 Å². The molecule has 0 amide bonds. The number of rotatable bonds is 0. The Kier molecular flexibility index (Phi) is 95.8. The third-order valence-electron chi connectivity index (χ3n) is 0. The van der Waals surface area contributed by atoms with E-state index in [9.17, 15) is 0 Å². The van der Waals surface area contributed by atoms with Crippen LogP contribution in [0.2, 0.25) is 0 Å². The van der Waals surface area contributed by atoms with E-state index in [2.05, 4.69) is 0 Å². The van der Waals surface area contributed by atoms with Crippen LogP contribution in [0, 0.1) is 41.7 Å². The summed E-state index contributed by atoms with van der Waals surface area (Å²) in [6, 6.07) is 0. The van der Waals surface area contributed by atoms with Gasteiger partial charge in [-0.15, -0.1) is 0 Å². The van der Waals surface area contributed by atoms with Crippen molar-refractivity contribution in [2.75, 3.05) is 0 Å². The molecule has 0 saturated carbocycles. The zero-order valence-electron chi connectivity index (χ0n) is 4.06. The maximum absolute atomic E-state index is 0. The second kappa shape index (κ2) is 15.7. The molecule has 0 aromatic heterocycles. The topological polar surface area (TPSA) is 0 Å². The van der Waals surface area contributed by atoms with Crippen LogP contribution in [0.3, 0.4) is 0 Å². The average Bonchev–Trinajstić information content (AvgIpc) is 0. The van der Waals surface area contributed by atoms with Gasteiger partial charge in [-0.2, -0.15) is 0 Å². The molecule has 0 aliphatic heterocycles. The first-order valence-electron chi connectivity index (χ1n) is 0. The van der Waals surface area contributed by atoms with Crippen molar-refractivity contribution in [2.24, 2.45) is 0 Å². The Morgan fingerprint density at radius 3 is 1.25 bits per heavy atom. The van der Waals surface area contributed by atoms with E-state index in [1.807, 2.05) is 0 Å². The predicted molar refractivity (Wildman–Crippen MR) is 7.98 cm³/mol. The van der Waals surface area contributed by atoms with Crippen LogP contribution < -0.4 is 0 Å².